The van der Waals surface area contributed by atoms with E-state index in [1.54, 1.807) is 49.6 Å². The Morgan fingerprint density at radius 1 is 1.36 bits per heavy atom. The molecule has 1 amide bonds. The summed E-state index contributed by atoms with van der Waals surface area (Å²) >= 11 is 0. The summed E-state index contributed by atoms with van der Waals surface area (Å²) in [6.45, 7) is 1.76. The van der Waals surface area contributed by atoms with Crippen LogP contribution in [0.1, 0.15) is 12.7 Å². The van der Waals surface area contributed by atoms with Gasteiger partial charge in [0.1, 0.15) is 11.9 Å². The minimum atomic E-state index is -3.59. The summed E-state index contributed by atoms with van der Waals surface area (Å²) in [4.78, 5) is 19.1. The molecule has 1 heterocycles. The Balaban J connectivity index is 2.15. The summed E-state index contributed by atoms with van der Waals surface area (Å²) in [5.74, 6) is 0.205. The SMILES string of the molecule is CC(C(=O)NCc1ncc[nH]1)N(c1ccccc1)S(C)(=O)=O. The van der Waals surface area contributed by atoms with Crippen molar-refractivity contribution in [2.45, 2.75) is 19.5 Å². The summed E-state index contributed by atoms with van der Waals surface area (Å²) in [7, 11) is -3.59. The largest absolute Gasteiger partial charge is 0.347 e. The fraction of sp³-hybridized carbons (Fsp3) is 0.286. The van der Waals surface area contributed by atoms with E-state index in [2.05, 4.69) is 15.3 Å². The van der Waals surface area contributed by atoms with Crippen molar-refractivity contribution in [3.05, 3.63) is 48.5 Å². The lowest BCUT2D eigenvalue weighted by molar-refractivity contribution is -0.122. The normalized spacial score (nSPS) is 12.6. The number of nitrogens with one attached hydrogen (secondary N) is 2. The maximum absolute atomic E-state index is 12.2. The van der Waals surface area contributed by atoms with Gasteiger partial charge < -0.3 is 10.3 Å². The molecule has 2 rings (SSSR count). The number of aromatic amines is 1. The molecular formula is C14H18N4O3S. The van der Waals surface area contributed by atoms with E-state index >= 15 is 0 Å². The number of H-pyrrole nitrogens is 1. The van der Waals surface area contributed by atoms with Gasteiger partial charge in [0, 0.05) is 12.4 Å². The van der Waals surface area contributed by atoms with Crippen LogP contribution in [0, 0.1) is 0 Å². The zero-order valence-electron chi connectivity index (χ0n) is 12.4. The van der Waals surface area contributed by atoms with Crippen molar-refractivity contribution in [2.75, 3.05) is 10.6 Å². The highest BCUT2D eigenvalue weighted by molar-refractivity contribution is 7.92. The van der Waals surface area contributed by atoms with Crippen molar-refractivity contribution in [2.24, 2.45) is 0 Å². The second-order valence-electron chi connectivity index (χ2n) is 4.82. The Morgan fingerprint density at radius 3 is 2.59 bits per heavy atom. The van der Waals surface area contributed by atoms with Gasteiger partial charge in [-0.1, -0.05) is 18.2 Å². The van der Waals surface area contributed by atoms with Gasteiger partial charge in [0.05, 0.1) is 18.5 Å². The van der Waals surface area contributed by atoms with Crippen LogP contribution in [0.2, 0.25) is 0 Å². The van der Waals surface area contributed by atoms with Crippen molar-refractivity contribution < 1.29 is 13.2 Å². The number of nitrogens with zero attached hydrogens (tertiary/aromatic N) is 2. The molecule has 0 fully saturated rings. The highest BCUT2D eigenvalue weighted by atomic mass is 32.2. The maximum atomic E-state index is 12.2. The van der Waals surface area contributed by atoms with E-state index in [-0.39, 0.29) is 6.54 Å². The minimum absolute atomic E-state index is 0.211. The molecule has 8 heteroatoms. The number of anilines is 1. The van der Waals surface area contributed by atoms with E-state index in [0.29, 0.717) is 11.5 Å². The van der Waals surface area contributed by atoms with Crippen LogP contribution in [0.4, 0.5) is 5.69 Å². The highest BCUT2D eigenvalue weighted by Crippen LogP contribution is 2.20. The second kappa shape index (κ2) is 6.61. The van der Waals surface area contributed by atoms with E-state index in [0.717, 1.165) is 10.6 Å². The van der Waals surface area contributed by atoms with Crippen LogP contribution in [0.25, 0.3) is 0 Å². The minimum Gasteiger partial charge on any atom is -0.347 e. The fourth-order valence-electron chi connectivity index (χ4n) is 2.10. The molecule has 0 bridgehead atoms. The molecule has 118 valence electrons. The topological polar surface area (TPSA) is 95.2 Å². The van der Waals surface area contributed by atoms with Gasteiger partial charge in [-0.15, -0.1) is 0 Å². The molecule has 0 aliphatic heterocycles. The average Bonchev–Trinajstić information content (AvgIpc) is 2.97. The Hall–Kier alpha value is -2.35. The molecule has 7 nitrogen and oxygen atoms in total. The Bertz CT molecular complexity index is 714. The number of carbonyl (C=O) groups excluding carboxylic acids is 1. The first-order valence-corrected chi connectivity index (χ1v) is 8.55. The highest BCUT2D eigenvalue weighted by Gasteiger charge is 2.28. The molecule has 0 saturated heterocycles. The number of para-hydroxylation sites is 1. The Morgan fingerprint density at radius 2 is 2.05 bits per heavy atom. The standard InChI is InChI=1S/C14H18N4O3S/c1-11(14(19)17-10-13-15-8-9-16-13)18(22(2,20)21)12-6-4-3-5-7-12/h3-9,11H,10H2,1-2H3,(H,15,16)(H,17,19). The van der Waals surface area contributed by atoms with E-state index < -0.39 is 22.0 Å². The lowest BCUT2D eigenvalue weighted by atomic mass is 10.2. The summed E-state index contributed by atoms with van der Waals surface area (Å²) < 4.78 is 25.2. The van der Waals surface area contributed by atoms with Gasteiger partial charge in [0.2, 0.25) is 15.9 Å². The lowest BCUT2D eigenvalue weighted by Crippen LogP contribution is -2.47. The summed E-state index contributed by atoms with van der Waals surface area (Å²) in [5, 5.41) is 2.67. The number of aromatic nitrogens is 2. The first kappa shape index (κ1) is 16.0. The average molecular weight is 322 g/mol. The lowest BCUT2D eigenvalue weighted by Gasteiger charge is -2.28. The third kappa shape index (κ3) is 3.85. The van der Waals surface area contributed by atoms with E-state index in [4.69, 9.17) is 0 Å². The molecule has 2 aromatic rings. The molecule has 2 N–H and O–H groups in total. The van der Waals surface area contributed by atoms with E-state index in [1.165, 1.54) is 0 Å². The molecule has 1 atom stereocenters. The van der Waals surface area contributed by atoms with Crippen LogP contribution in [0.15, 0.2) is 42.7 Å². The first-order valence-electron chi connectivity index (χ1n) is 6.70. The molecule has 0 saturated carbocycles. The van der Waals surface area contributed by atoms with Gasteiger partial charge in [-0.25, -0.2) is 13.4 Å². The van der Waals surface area contributed by atoms with Crippen LogP contribution in [-0.4, -0.2) is 36.6 Å². The van der Waals surface area contributed by atoms with Gasteiger partial charge in [0.25, 0.3) is 0 Å². The number of imidazole rings is 1. The number of sulfonamides is 1. The second-order valence-corrected chi connectivity index (χ2v) is 6.68. The number of hydrogen-bond acceptors (Lipinski definition) is 4. The molecule has 1 aromatic heterocycles. The Kier molecular flexibility index (Phi) is 4.81. The van der Waals surface area contributed by atoms with Crippen molar-refractivity contribution in [1.82, 2.24) is 15.3 Å². The molecule has 0 aliphatic rings. The molecule has 22 heavy (non-hydrogen) atoms. The van der Waals surface area contributed by atoms with Crippen LogP contribution in [-0.2, 0) is 21.4 Å². The monoisotopic (exact) mass is 322 g/mol. The summed E-state index contributed by atoms with van der Waals surface area (Å²) in [5.41, 5.74) is 0.450. The predicted octanol–water partition coefficient (Wildman–Crippen LogP) is 0.881. The molecule has 1 unspecified atom stereocenters. The number of benzene rings is 1. The van der Waals surface area contributed by atoms with Crippen molar-refractivity contribution in [3.63, 3.8) is 0 Å². The molecule has 1 aromatic carbocycles. The molecular weight excluding hydrogens is 304 g/mol. The number of rotatable bonds is 6. The Labute approximate surface area is 129 Å². The molecule has 0 aliphatic carbocycles. The maximum Gasteiger partial charge on any atom is 0.243 e. The van der Waals surface area contributed by atoms with Gasteiger partial charge >= 0.3 is 0 Å². The number of carbonyl (C=O) groups is 1. The summed E-state index contributed by atoms with van der Waals surface area (Å²) in [6, 6.07) is 7.66. The van der Waals surface area contributed by atoms with Crippen LogP contribution in [0.5, 0.6) is 0 Å². The smallest absolute Gasteiger partial charge is 0.243 e. The third-order valence-corrected chi connectivity index (χ3v) is 4.33. The van der Waals surface area contributed by atoms with E-state index in [9.17, 15) is 13.2 Å². The summed E-state index contributed by atoms with van der Waals surface area (Å²) in [6.07, 6.45) is 4.31. The molecule has 0 spiro atoms. The fourth-order valence-corrected chi connectivity index (χ4v) is 3.27. The predicted molar refractivity (Wildman–Crippen MR) is 83.7 cm³/mol. The van der Waals surface area contributed by atoms with E-state index in [1.807, 2.05) is 0 Å². The number of hydrogen-bond donors (Lipinski definition) is 2. The van der Waals surface area contributed by atoms with Crippen molar-refractivity contribution in [3.8, 4) is 0 Å². The van der Waals surface area contributed by atoms with Crippen molar-refractivity contribution in [1.29, 1.82) is 0 Å². The number of amides is 1. The van der Waals surface area contributed by atoms with Crippen LogP contribution in [0.3, 0.4) is 0 Å². The third-order valence-electron chi connectivity index (χ3n) is 3.08. The van der Waals surface area contributed by atoms with Gasteiger partial charge in [0.15, 0.2) is 0 Å². The zero-order valence-corrected chi connectivity index (χ0v) is 13.2. The molecule has 0 radical (unpaired) electrons. The first-order chi connectivity index (χ1) is 10.4. The van der Waals surface area contributed by atoms with Crippen LogP contribution < -0.4 is 9.62 Å². The quantitative estimate of drug-likeness (QED) is 0.825. The van der Waals surface area contributed by atoms with Gasteiger partial charge in [-0.3, -0.25) is 9.10 Å². The zero-order chi connectivity index (χ0) is 16.2. The van der Waals surface area contributed by atoms with Crippen molar-refractivity contribution >= 4 is 21.6 Å². The van der Waals surface area contributed by atoms with Gasteiger partial charge in [-0.2, -0.15) is 0 Å². The van der Waals surface area contributed by atoms with Gasteiger partial charge in [-0.05, 0) is 19.1 Å². The van der Waals surface area contributed by atoms with Crippen LogP contribution >= 0.6 is 0 Å².